The van der Waals surface area contributed by atoms with Gasteiger partial charge in [-0.1, -0.05) is 20.8 Å². The Morgan fingerprint density at radius 2 is 1.53 bits per heavy atom. The van der Waals surface area contributed by atoms with Crippen molar-refractivity contribution in [3.05, 3.63) is 0 Å². The van der Waals surface area contributed by atoms with Crippen LogP contribution >= 0.6 is 0 Å². The lowest BCUT2D eigenvalue weighted by Crippen LogP contribution is -2.50. The molecule has 0 amide bonds. The second kappa shape index (κ2) is 4.45. The van der Waals surface area contributed by atoms with Crippen LogP contribution in [0, 0.1) is 17.8 Å². The van der Waals surface area contributed by atoms with Gasteiger partial charge in [0.1, 0.15) is 0 Å². The highest BCUT2D eigenvalue weighted by molar-refractivity contribution is 4.71. The Bertz CT molecular complexity index is 205. The molecule has 2 heterocycles. The van der Waals surface area contributed by atoms with Crippen LogP contribution in [0.2, 0.25) is 0 Å². The van der Waals surface area contributed by atoms with Crippen molar-refractivity contribution in [2.24, 2.45) is 17.8 Å². The van der Waals surface area contributed by atoms with E-state index < -0.39 is 0 Å². The fourth-order valence-corrected chi connectivity index (χ4v) is 3.87. The third-order valence-electron chi connectivity index (χ3n) is 5.02. The standard InChI is InChI=1S/C14H28N/c1-12-10-14(3)13(2)6-9-15(11-12)7-4-5-8-15/h12-14H,4-11H2,1-3H3/q+1. The van der Waals surface area contributed by atoms with Gasteiger partial charge in [-0.05, 0) is 24.7 Å². The summed E-state index contributed by atoms with van der Waals surface area (Å²) in [6, 6.07) is 0. The fraction of sp³-hybridized carbons (Fsp3) is 1.00. The number of nitrogens with zero attached hydrogens (tertiary/aromatic N) is 1. The Morgan fingerprint density at radius 3 is 2.20 bits per heavy atom. The first-order valence-corrected chi connectivity index (χ1v) is 6.96. The van der Waals surface area contributed by atoms with Crippen molar-refractivity contribution in [2.45, 2.75) is 46.5 Å². The first kappa shape index (κ1) is 11.4. The summed E-state index contributed by atoms with van der Waals surface area (Å²) >= 11 is 0. The van der Waals surface area contributed by atoms with Crippen molar-refractivity contribution in [2.75, 3.05) is 26.2 Å². The fourth-order valence-electron chi connectivity index (χ4n) is 3.87. The summed E-state index contributed by atoms with van der Waals surface area (Å²) < 4.78 is 1.47. The predicted molar refractivity (Wildman–Crippen MR) is 65.7 cm³/mol. The molecule has 0 aliphatic carbocycles. The van der Waals surface area contributed by atoms with Crippen molar-refractivity contribution in [1.29, 1.82) is 0 Å². The van der Waals surface area contributed by atoms with Gasteiger partial charge in [-0.25, -0.2) is 0 Å². The summed E-state index contributed by atoms with van der Waals surface area (Å²) in [6.45, 7) is 13.3. The minimum absolute atomic E-state index is 0.945. The Morgan fingerprint density at radius 1 is 0.867 bits per heavy atom. The van der Waals surface area contributed by atoms with Crippen molar-refractivity contribution < 1.29 is 4.48 Å². The lowest BCUT2D eigenvalue weighted by Gasteiger charge is -2.41. The van der Waals surface area contributed by atoms with Gasteiger partial charge < -0.3 is 4.48 Å². The summed E-state index contributed by atoms with van der Waals surface area (Å²) in [7, 11) is 0. The Hall–Kier alpha value is -0.0400. The highest BCUT2D eigenvalue weighted by Crippen LogP contribution is 2.32. The summed E-state index contributed by atoms with van der Waals surface area (Å²) in [6.07, 6.45) is 5.89. The van der Waals surface area contributed by atoms with Crippen LogP contribution in [0.15, 0.2) is 0 Å². The van der Waals surface area contributed by atoms with Gasteiger partial charge in [0, 0.05) is 18.8 Å². The second-order valence-corrected chi connectivity index (χ2v) is 6.49. The predicted octanol–water partition coefficient (Wildman–Crippen LogP) is 3.30. The molecule has 88 valence electrons. The molecule has 0 bridgehead atoms. The Kier molecular flexibility index (Phi) is 3.39. The topological polar surface area (TPSA) is 0 Å². The molecule has 2 rings (SSSR count). The van der Waals surface area contributed by atoms with Crippen LogP contribution in [-0.2, 0) is 0 Å². The molecule has 0 aromatic carbocycles. The zero-order chi connectivity index (χ0) is 10.9. The molecule has 2 aliphatic rings. The smallest absolute Gasteiger partial charge is 0.0812 e. The van der Waals surface area contributed by atoms with Gasteiger partial charge in [0.05, 0.1) is 26.2 Å². The molecule has 1 heteroatoms. The molecule has 2 aliphatic heterocycles. The summed E-state index contributed by atoms with van der Waals surface area (Å²) in [5.74, 6) is 2.84. The van der Waals surface area contributed by atoms with E-state index in [4.69, 9.17) is 0 Å². The maximum Gasteiger partial charge on any atom is 0.0812 e. The molecule has 2 saturated heterocycles. The van der Waals surface area contributed by atoms with Crippen molar-refractivity contribution in [1.82, 2.24) is 0 Å². The van der Waals surface area contributed by atoms with Crippen LogP contribution in [0.4, 0.5) is 0 Å². The molecule has 1 nitrogen and oxygen atoms in total. The van der Waals surface area contributed by atoms with E-state index in [1.807, 2.05) is 0 Å². The van der Waals surface area contributed by atoms with Gasteiger partial charge in [0.2, 0.25) is 0 Å². The van der Waals surface area contributed by atoms with Gasteiger partial charge in [-0.3, -0.25) is 0 Å². The van der Waals surface area contributed by atoms with Crippen LogP contribution in [0.3, 0.4) is 0 Å². The molecular formula is C14H28N+. The molecule has 0 aromatic heterocycles. The van der Waals surface area contributed by atoms with Gasteiger partial charge in [-0.2, -0.15) is 0 Å². The molecule has 15 heavy (non-hydrogen) atoms. The van der Waals surface area contributed by atoms with E-state index in [2.05, 4.69) is 20.8 Å². The normalized spacial score (nSPS) is 41.4. The number of rotatable bonds is 0. The van der Waals surface area contributed by atoms with E-state index in [1.165, 1.54) is 56.3 Å². The number of quaternary nitrogens is 1. The van der Waals surface area contributed by atoms with Gasteiger partial charge in [0.15, 0.2) is 0 Å². The summed E-state index contributed by atoms with van der Waals surface area (Å²) in [5, 5.41) is 0. The van der Waals surface area contributed by atoms with E-state index in [0.717, 1.165) is 17.8 Å². The van der Waals surface area contributed by atoms with Crippen molar-refractivity contribution in [3.63, 3.8) is 0 Å². The second-order valence-electron chi connectivity index (χ2n) is 6.49. The van der Waals surface area contributed by atoms with Gasteiger partial charge in [-0.15, -0.1) is 0 Å². The zero-order valence-corrected chi connectivity index (χ0v) is 10.8. The Labute approximate surface area is 95.4 Å². The molecule has 0 saturated carbocycles. The maximum absolute atomic E-state index is 2.48. The van der Waals surface area contributed by atoms with E-state index in [0.29, 0.717) is 0 Å². The largest absolute Gasteiger partial charge is 0.323 e. The van der Waals surface area contributed by atoms with Crippen LogP contribution < -0.4 is 0 Å². The van der Waals surface area contributed by atoms with E-state index in [1.54, 1.807) is 0 Å². The van der Waals surface area contributed by atoms with E-state index >= 15 is 0 Å². The van der Waals surface area contributed by atoms with Gasteiger partial charge in [0.25, 0.3) is 0 Å². The number of hydrogen-bond donors (Lipinski definition) is 0. The monoisotopic (exact) mass is 210 g/mol. The van der Waals surface area contributed by atoms with E-state index in [-0.39, 0.29) is 0 Å². The highest BCUT2D eigenvalue weighted by atomic mass is 15.4. The molecule has 0 radical (unpaired) electrons. The summed E-state index contributed by atoms with van der Waals surface area (Å²) in [4.78, 5) is 0. The van der Waals surface area contributed by atoms with Crippen molar-refractivity contribution >= 4 is 0 Å². The SMILES string of the molecule is CC1CC(C)C(C)CC[N+]2(CCCC2)C1. The molecule has 0 N–H and O–H groups in total. The maximum atomic E-state index is 2.48. The van der Waals surface area contributed by atoms with Crippen LogP contribution in [0.1, 0.15) is 46.5 Å². The van der Waals surface area contributed by atoms with Crippen LogP contribution in [0.25, 0.3) is 0 Å². The third kappa shape index (κ3) is 2.55. The molecule has 3 unspecified atom stereocenters. The molecule has 0 aromatic rings. The first-order chi connectivity index (χ1) is 7.11. The van der Waals surface area contributed by atoms with E-state index in [9.17, 15) is 0 Å². The molecular weight excluding hydrogens is 182 g/mol. The Balaban J connectivity index is 2.03. The third-order valence-corrected chi connectivity index (χ3v) is 5.02. The molecule has 3 atom stereocenters. The molecule has 2 fully saturated rings. The first-order valence-electron chi connectivity index (χ1n) is 6.96. The van der Waals surface area contributed by atoms with Crippen LogP contribution in [-0.4, -0.2) is 30.7 Å². The van der Waals surface area contributed by atoms with Gasteiger partial charge >= 0.3 is 0 Å². The molecule has 1 spiro atoms. The number of hydrogen-bond acceptors (Lipinski definition) is 0. The summed E-state index contributed by atoms with van der Waals surface area (Å²) in [5.41, 5.74) is 0. The lowest BCUT2D eigenvalue weighted by atomic mass is 9.83. The highest BCUT2D eigenvalue weighted by Gasteiger charge is 2.36. The average molecular weight is 210 g/mol. The zero-order valence-electron chi connectivity index (χ0n) is 10.8. The van der Waals surface area contributed by atoms with Crippen LogP contribution in [0.5, 0.6) is 0 Å². The lowest BCUT2D eigenvalue weighted by molar-refractivity contribution is -0.921. The van der Waals surface area contributed by atoms with Crippen molar-refractivity contribution in [3.8, 4) is 0 Å². The minimum atomic E-state index is 0.945. The average Bonchev–Trinajstić information content (AvgIpc) is 2.62. The minimum Gasteiger partial charge on any atom is -0.323 e. The quantitative estimate of drug-likeness (QED) is 0.538.